The number of carbonyl (C=O) groups excluding carboxylic acids is 1. The Balaban J connectivity index is 2.01. The van der Waals surface area contributed by atoms with Gasteiger partial charge in [0.1, 0.15) is 5.75 Å². The molecule has 4 heteroatoms. The van der Waals surface area contributed by atoms with Crippen molar-refractivity contribution in [1.29, 1.82) is 0 Å². The molecule has 1 N–H and O–H groups in total. The van der Waals surface area contributed by atoms with Crippen molar-refractivity contribution in [2.24, 2.45) is 0 Å². The van der Waals surface area contributed by atoms with Gasteiger partial charge in [0.2, 0.25) is 0 Å². The van der Waals surface area contributed by atoms with E-state index in [1.807, 2.05) is 42.6 Å². The summed E-state index contributed by atoms with van der Waals surface area (Å²) in [4.78, 5) is 13.0. The molecule has 0 bridgehead atoms. The van der Waals surface area contributed by atoms with Gasteiger partial charge in [-0.15, -0.1) is 11.3 Å². The lowest BCUT2D eigenvalue weighted by atomic mass is 10.2. The number of para-hydroxylation sites is 1. The van der Waals surface area contributed by atoms with E-state index in [1.54, 1.807) is 18.4 Å². The van der Waals surface area contributed by atoms with Crippen LogP contribution in [0.15, 0.2) is 35.7 Å². The van der Waals surface area contributed by atoms with Crippen LogP contribution in [0.25, 0.3) is 0 Å². The van der Waals surface area contributed by atoms with Crippen LogP contribution in [0.1, 0.15) is 20.8 Å². The molecule has 0 saturated heterocycles. The first-order chi connectivity index (χ1) is 8.70. The normalized spacial score (nSPS) is 10.1. The highest BCUT2D eigenvalue weighted by Crippen LogP contribution is 2.17. The first-order valence-electron chi connectivity index (χ1n) is 5.66. The van der Waals surface area contributed by atoms with Crippen LogP contribution >= 0.6 is 11.3 Å². The lowest BCUT2D eigenvalue weighted by Gasteiger charge is -2.08. The number of hydrogen-bond acceptors (Lipinski definition) is 3. The van der Waals surface area contributed by atoms with E-state index >= 15 is 0 Å². The van der Waals surface area contributed by atoms with Gasteiger partial charge >= 0.3 is 0 Å². The molecule has 1 amide bonds. The van der Waals surface area contributed by atoms with Crippen molar-refractivity contribution in [2.45, 2.75) is 13.5 Å². The molecule has 0 aliphatic heterocycles. The van der Waals surface area contributed by atoms with Gasteiger partial charge in [0.25, 0.3) is 5.91 Å². The lowest BCUT2D eigenvalue weighted by Crippen LogP contribution is -2.22. The summed E-state index contributed by atoms with van der Waals surface area (Å²) >= 11 is 1.58. The number of nitrogens with one attached hydrogen (secondary N) is 1. The fourth-order valence-corrected chi connectivity index (χ4v) is 2.37. The maximum Gasteiger partial charge on any atom is 0.252 e. The average molecular weight is 261 g/mol. The number of rotatable bonds is 4. The molecule has 1 aromatic carbocycles. The maximum atomic E-state index is 11.9. The van der Waals surface area contributed by atoms with Gasteiger partial charge in [0.15, 0.2) is 0 Å². The molecule has 2 rings (SSSR count). The van der Waals surface area contributed by atoms with E-state index in [2.05, 4.69) is 5.32 Å². The van der Waals surface area contributed by atoms with Crippen LogP contribution in [0, 0.1) is 6.92 Å². The van der Waals surface area contributed by atoms with E-state index < -0.39 is 0 Å². The summed E-state index contributed by atoms with van der Waals surface area (Å²) in [5.74, 6) is 0.740. The lowest BCUT2D eigenvalue weighted by molar-refractivity contribution is 0.0951. The predicted molar refractivity (Wildman–Crippen MR) is 73.2 cm³/mol. The van der Waals surface area contributed by atoms with Crippen molar-refractivity contribution in [1.82, 2.24) is 5.32 Å². The third kappa shape index (κ3) is 2.90. The minimum absolute atomic E-state index is 0.0507. The molecule has 0 saturated carbocycles. The van der Waals surface area contributed by atoms with Gasteiger partial charge in [-0.3, -0.25) is 4.79 Å². The number of carbonyl (C=O) groups is 1. The summed E-state index contributed by atoms with van der Waals surface area (Å²) < 4.78 is 5.24. The van der Waals surface area contributed by atoms with Crippen LogP contribution < -0.4 is 10.1 Å². The fourth-order valence-electron chi connectivity index (χ4n) is 1.69. The zero-order valence-electron chi connectivity index (χ0n) is 10.4. The van der Waals surface area contributed by atoms with Crippen molar-refractivity contribution in [3.63, 3.8) is 0 Å². The highest BCUT2D eigenvalue weighted by molar-refractivity contribution is 7.10. The van der Waals surface area contributed by atoms with Crippen LogP contribution in [0.4, 0.5) is 0 Å². The Bertz CT molecular complexity index is 548. The Morgan fingerprint density at radius 1 is 1.39 bits per heavy atom. The van der Waals surface area contributed by atoms with E-state index in [4.69, 9.17) is 4.74 Å². The van der Waals surface area contributed by atoms with E-state index in [0.717, 1.165) is 16.2 Å². The van der Waals surface area contributed by atoms with Crippen LogP contribution in [0.3, 0.4) is 0 Å². The minimum Gasteiger partial charge on any atom is -0.496 e. The predicted octanol–water partition coefficient (Wildman–Crippen LogP) is 3.00. The van der Waals surface area contributed by atoms with Gasteiger partial charge < -0.3 is 10.1 Å². The van der Waals surface area contributed by atoms with Crippen LogP contribution in [-0.2, 0) is 6.54 Å². The number of hydrogen-bond donors (Lipinski definition) is 1. The van der Waals surface area contributed by atoms with Crippen molar-refractivity contribution >= 4 is 17.2 Å². The molecule has 18 heavy (non-hydrogen) atoms. The van der Waals surface area contributed by atoms with Gasteiger partial charge in [0, 0.05) is 22.4 Å². The summed E-state index contributed by atoms with van der Waals surface area (Å²) in [6.07, 6.45) is 0. The summed E-state index contributed by atoms with van der Waals surface area (Å²) in [6, 6.07) is 9.56. The molecule has 0 radical (unpaired) electrons. The number of aryl methyl sites for hydroxylation is 1. The Morgan fingerprint density at radius 3 is 2.83 bits per heavy atom. The summed E-state index contributed by atoms with van der Waals surface area (Å²) in [7, 11) is 1.63. The zero-order valence-corrected chi connectivity index (χ0v) is 11.2. The first-order valence-corrected chi connectivity index (χ1v) is 6.54. The topological polar surface area (TPSA) is 38.3 Å². The second kappa shape index (κ2) is 5.69. The highest BCUT2D eigenvalue weighted by atomic mass is 32.1. The molecule has 0 atom stereocenters. The van der Waals surface area contributed by atoms with E-state index in [0.29, 0.717) is 12.1 Å². The Labute approximate surface area is 110 Å². The second-order valence-corrected chi connectivity index (χ2v) is 5.06. The average Bonchev–Trinajstić information content (AvgIpc) is 2.83. The molecular weight excluding hydrogens is 246 g/mol. The maximum absolute atomic E-state index is 11.9. The summed E-state index contributed by atoms with van der Waals surface area (Å²) in [5, 5.41) is 4.76. The molecule has 0 fully saturated rings. The number of amides is 1. The van der Waals surface area contributed by atoms with Crippen LogP contribution in [0.2, 0.25) is 0 Å². The van der Waals surface area contributed by atoms with Crippen molar-refractivity contribution < 1.29 is 9.53 Å². The Hall–Kier alpha value is -1.81. The Morgan fingerprint density at radius 2 is 2.17 bits per heavy atom. The number of methoxy groups -OCH3 is 1. The third-order valence-electron chi connectivity index (χ3n) is 2.62. The van der Waals surface area contributed by atoms with E-state index in [9.17, 15) is 4.79 Å². The molecule has 2 aromatic rings. The number of ether oxygens (including phenoxy) is 1. The largest absolute Gasteiger partial charge is 0.496 e. The van der Waals surface area contributed by atoms with E-state index in [-0.39, 0.29) is 5.91 Å². The van der Waals surface area contributed by atoms with Crippen LogP contribution in [-0.4, -0.2) is 13.0 Å². The molecule has 1 heterocycles. The van der Waals surface area contributed by atoms with Crippen LogP contribution in [0.5, 0.6) is 5.75 Å². The Kier molecular flexibility index (Phi) is 3.99. The van der Waals surface area contributed by atoms with Gasteiger partial charge in [-0.1, -0.05) is 18.2 Å². The molecule has 3 nitrogen and oxygen atoms in total. The van der Waals surface area contributed by atoms with Crippen molar-refractivity contribution in [3.8, 4) is 5.75 Å². The number of thiophene rings is 1. The summed E-state index contributed by atoms with van der Waals surface area (Å²) in [6.45, 7) is 2.46. The van der Waals surface area contributed by atoms with Crippen molar-refractivity contribution in [2.75, 3.05) is 7.11 Å². The van der Waals surface area contributed by atoms with Gasteiger partial charge in [-0.2, -0.15) is 0 Å². The molecule has 94 valence electrons. The first kappa shape index (κ1) is 12.6. The SMILES string of the molecule is COc1ccccc1CNC(=O)c1csc(C)c1. The van der Waals surface area contributed by atoms with Gasteiger partial charge in [-0.05, 0) is 19.1 Å². The number of benzene rings is 1. The van der Waals surface area contributed by atoms with E-state index in [1.165, 1.54) is 0 Å². The fraction of sp³-hybridized carbons (Fsp3) is 0.214. The molecule has 0 spiro atoms. The van der Waals surface area contributed by atoms with Gasteiger partial charge in [0.05, 0.1) is 12.7 Å². The molecule has 0 unspecified atom stereocenters. The second-order valence-electron chi connectivity index (χ2n) is 3.94. The monoisotopic (exact) mass is 261 g/mol. The highest BCUT2D eigenvalue weighted by Gasteiger charge is 2.08. The summed E-state index contributed by atoms with van der Waals surface area (Å²) in [5.41, 5.74) is 1.69. The molecule has 1 aromatic heterocycles. The quantitative estimate of drug-likeness (QED) is 0.918. The molecular formula is C14H15NO2S. The third-order valence-corrected chi connectivity index (χ3v) is 3.49. The molecule has 0 aliphatic rings. The molecule has 0 aliphatic carbocycles. The van der Waals surface area contributed by atoms with Crippen molar-refractivity contribution in [3.05, 3.63) is 51.7 Å². The minimum atomic E-state index is -0.0507. The smallest absolute Gasteiger partial charge is 0.252 e. The standard InChI is InChI=1S/C14H15NO2S/c1-10-7-12(9-18-10)14(16)15-8-11-5-3-4-6-13(11)17-2/h3-7,9H,8H2,1-2H3,(H,15,16). The zero-order chi connectivity index (χ0) is 13.0. The van der Waals surface area contributed by atoms with Gasteiger partial charge in [-0.25, -0.2) is 0 Å².